The van der Waals surface area contributed by atoms with Crippen LogP contribution in [0.25, 0.3) is 0 Å². The topological polar surface area (TPSA) is 48.9 Å². The van der Waals surface area contributed by atoms with E-state index in [9.17, 15) is 0 Å². The van der Waals surface area contributed by atoms with Gasteiger partial charge in [-0.25, -0.2) is 0 Å². The summed E-state index contributed by atoms with van der Waals surface area (Å²) < 4.78 is 5.22. The predicted molar refractivity (Wildman–Crippen MR) is 116 cm³/mol. The number of piperidine rings is 1. The molecule has 0 unspecified atom stereocenters. The van der Waals surface area contributed by atoms with Gasteiger partial charge in [-0.2, -0.15) is 0 Å². The third-order valence-corrected chi connectivity index (χ3v) is 4.47. The predicted octanol–water partition coefficient (Wildman–Crippen LogP) is 3.10. The van der Waals surface area contributed by atoms with Crippen molar-refractivity contribution in [3.8, 4) is 5.75 Å². The van der Waals surface area contributed by atoms with Crippen LogP contribution >= 0.6 is 24.0 Å². The van der Waals surface area contributed by atoms with E-state index in [0.717, 1.165) is 51.0 Å². The number of nitrogens with one attached hydrogen (secondary N) is 2. The largest absolute Gasteiger partial charge is 0.497 e. The molecule has 2 rings (SSSR count). The molecule has 1 aliphatic rings. The lowest BCUT2D eigenvalue weighted by Gasteiger charge is -2.31. The SMILES string of the molecule is CCNC(=NCC1CCN(Cc2ccc(OC)cc2)CC1)NCC.I. The van der Waals surface area contributed by atoms with Crippen molar-refractivity contribution in [2.45, 2.75) is 33.2 Å². The number of methoxy groups -OCH3 is 1. The first kappa shape index (κ1) is 22.0. The molecule has 1 aromatic rings. The highest BCUT2D eigenvalue weighted by Gasteiger charge is 2.19. The summed E-state index contributed by atoms with van der Waals surface area (Å²) in [7, 11) is 1.71. The maximum atomic E-state index is 5.22. The normalized spacial score (nSPS) is 15.2. The van der Waals surface area contributed by atoms with Crippen molar-refractivity contribution in [2.24, 2.45) is 10.9 Å². The van der Waals surface area contributed by atoms with Crippen LogP contribution in [-0.4, -0.2) is 50.7 Å². The Morgan fingerprint density at radius 2 is 1.72 bits per heavy atom. The molecule has 1 saturated heterocycles. The lowest BCUT2D eigenvalue weighted by atomic mass is 9.96. The lowest BCUT2D eigenvalue weighted by molar-refractivity contribution is 0.180. The van der Waals surface area contributed by atoms with Crippen LogP contribution in [0.1, 0.15) is 32.3 Å². The lowest BCUT2D eigenvalue weighted by Crippen LogP contribution is -2.38. The minimum atomic E-state index is 0. The second-order valence-corrected chi connectivity index (χ2v) is 6.32. The maximum absolute atomic E-state index is 5.22. The summed E-state index contributed by atoms with van der Waals surface area (Å²) in [5.41, 5.74) is 1.36. The Morgan fingerprint density at radius 1 is 1.12 bits per heavy atom. The van der Waals surface area contributed by atoms with Crippen molar-refractivity contribution in [3.05, 3.63) is 29.8 Å². The third kappa shape index (κ3) is 7.81. The molecule has 1 heterocycles. The van der Waals surface area contributed by atoms with Gasteiger partial charge in [0.1, 0.15) is 5.75 Å². The molecule has 0 aromatic heterocycles. The van der Waals surface area contributed by atoms with Gasteiger partial charge in [0.15, 0.2) is 5.96 Å². The summed E-state index contributed by atoms with van der Waals surface area (Å²) in [6.07, 6.45) is 2.45. The number of guanidine groups is 1. The highest BCUT2D eigenvalue weighted by atomic mass is 127. The monoisotopic (exact) mass is 460 g/mol. The summed E-state index contributed by atoms with van der Waals surface area (Å²) in [5, 5.41) is 6.58. The van der Waals surface area contributed by atoms with E-state index in [-0.39, 0.29) is 24.0 Å². The van der Waals surface area contributed by atoms with Crippen LogP contribution in [0, 0.1) is 5.92 Å². The van der Waals surface area contributed by atoms with Gasteiger partial charge in [-0.05, 0) is 63.4 Å². The summed E-state index contributed by atoms with van der Waals surface area (Å²) in [6.45, 7) is 10.3. The molecule has 0 spiro atoms. The Labute approximate surface area is 169 Å². The van der Waals surface area contributed by atoms with E-state index in [4.69, 9.17) is 9.73 Å². The molecular formula is C19H33IN4O. The molecule has 0 aliphatic carbocycles. The van der Waals surface area contributed by atoms with E-state index < -0.39 is 0 Å². The molecule has 0 saturated carbocycles. The Bertz CT molecular complexity index is 491. The second-order valence-electron chi connectivity index (χ2n) is 6.32. The van der Waals surface area contributed by atoms with Gasteiger partial charge in [-0.15, -0.1) is 24.0 Å². The van der Waals surface area contributed by atoms with Crippen LogP contribution in [0.2, 0.25) is 0 Å². The molecule has 6 heteroatoms. The quantitative estimate of drug-likeness (QED) is 0.373. The number of nitrogens with zero attached hydrogens (tertiary/aromatic N) is 2. The molecule has 1 aliphatic heterocycles. The molecule has 1 fully saturated rings. The van der Waals surface area contributed by atoms with E-state index in [2.05, 4.69) is 41.5 Å². The van der Waals surface area contributed by atoms with Gasteiger partial charge in [-0.3, -0.25) is 9.89 Å². The van der Waals surface area contributed by atoms with Gasteiger partial charge in [0.25, 0.3) is 0 Å². The molecule has 142 valence electrons. The summed E-state index contributed by atoms with van der Waals surface area (Å²) in [6, 6.07) is 8.40. The van der Waals surface area contributed by atoms with Gasteiger partial charge in [-0.1, -0.05) is 12.1 Å². The smallest absolute Gasteiger partial charge is 0.191 e. The number of benzene rings is 1. The van der Waals surface area contributed by atoms with Gasteiger partial charge in [0.2, 0.25) is 0 Å². The first-order chi connectivity index (χ1) is 11.7. The second kappa shape index (κ2) is 12.4. The highest BCUT2D eigenvalue weighted by molar-refractivity contribution is 14.0. The van der Waals surface area contributed by atoms with Crippen LogP contribution in [0.4, 0.5) is 0 Å². The molecule has 0 radical (unpaired) electrons. The summed E-state index contributed by atoms with van der Waals surface area (Å²) in [5.74, 6) is 2.57. The number of rotatable bonds is 7. The van der Waals surface area contributed by atoms with Gasteiger partial charge in [0.05, 0.1) is 7.11 Å². The fourth-order valence-electron chi connectivity index (χ4n) is 3.05. The first-order valence-corrected chi connectivity index (χ1v) is 9.12. The van der Waals surface area contributed by atoms with Crippen molar-refractivity contribution in [1.82, 2.24) is 15.5 Å². The molecule has 0 amide bonds. The van der Waals surface area contributed by atoms with Gasteiger partial charge < -0.3 is 15.4 Å². The van der Waals surface area contributed by atoms with E-state index in [1.165, 1.54) is 18.4 Å². The minimum absolute atomic E-state index is 0. The fraction of sp³-hybridized carbons (Fsp3) is 0.632. The summed E-state index contributed by atoms with van der Waals surface area (Å²) >= 11 is 0. The van der Waals surface area contributed by atoms with Crippen LogP contribution in [0.3, 0.4) is 0 Å². The molecular weight excluding hydrogens is 427 g/mol. The first-order valence-electron chi connectivity index (χ1n) is 9.12. The zero-order chi connectivity index (χ0) is 17.2. The number of likely N-dealkylation sites (tertiary alicyclic amines) is 1. The number of hydrogen-bond acceptors (Lipinski definition) is 3. The van der Waals surface area contributed by atoms with Crippen LogP contribution in [0.15, 0.2) is 29.3 Å². The standard InChI is InChI=1S/C19H32N4O.HI/c1-4-20-19(21-5-2)22-14-16-10-12-23(13-11-16)15-17-6-8-18(24-3)9-7-17;/h6-9,16H,4-5,10-15H2,1-3H3,(H2,20,21,22);1H. The van der Waals surface area contributed by atoms with E-state index >= 15 is 0 Å². The number of halogens is 1. The number of hydrogen-bond donors (Lipinski definition) is 2. The molecule has 2 N–H and O–H groups in total. The zero-order valence-electron chi connectivity index (χ0n) is 15.8. The third-order valence-electron chi connectivity index (χ3n) is 4.47. The van der Waals surface area contributed by atoms with Crippen molar-refractivity contribution in [3.63, 3.8) is 0 Å². The van der Waals surface area contributed by atoms with Crippen molar-refractivity contribution < 1.29 is 4.74 Å². The molecule has 5 nitrogen and oxygen atoms in total. The van der Waals surface area contributed by atoms with Crippen LogP contribution in [0.5, 0.6) is 5.75 Å². The summed E-state index contributed by atoms with van der Waals surface area (Å²) in [4.78, 5) is 7.26. The Morgan fingerprint density at radius 3 is 2.24 bits per heavy atom. The van der Waals surface area contributed by atoms with E-state index in [0.29, 0.717) is 5.92 Å². The molecule has 0 atom stereocenters. The fourth-order valence-corrected chi connectivity index (χ4v) is 3.05. The molecule has 0 bridgehead atoms. The van der Waals surface area contributed by atoms with Gasteiger partial charge >= 0.3 is 0 Å². The Kier molecular flexibility index (Phi) is 10.9. The van der Waals surface area contributed by atoms with E-state index in [1.54, 1.807) is 7.11 Å². The number of ether oxygens (including phenoxy) is 1. The molecule has 25 heavy (non-hydrogen) atoms. The van der Waals surface area contributed by atoms with Crippen molar-refractivity contribution in [2.75, 3.05) is 39.8 Å². The maximum Gasteiger partial charge on any atom is 0.191 e. The Hall–Kier alpha value is -1.02. The van der Waals surface area contributed by atoms with Gasteiger partial charge in [0, 0.05) is 26.2 Å². The van der Waals surface area contributed by atoms with Crippen molar-refractivity contribution >= 4 is 29.9 Å². The minimum Gasteiger partial charge on any atom is -0.497 e. The zero-order valence-corrected chi connectivity index (χ0v) is 18.1. The van der Waals surface area contributed by atoms with E-state index in [1.807, 2.05) is 12.1 Å². The van der Waals surface area contributed by atoms with Crippen LogP contribution < -0.4 is 15.4 Å². The number of aliphatic imine (C=N–C) groups is 1. The average molecular weight is 460 g/mol. The van der Waals surface area contributed by atoms with Crippen LogP contribution in [-0.2, 0) is 6.54 Å². The Balaban J connectivity index is 0.00000312. The van der Waals surface area contributed by atoms with Crippen molar-refractivity contribution in [1.29, 1.82) is 0 Å². The average Bonchev–Trinajstić information content (AvgIpc) is 2.62. The highest BCUT2D eigenvalue weighted by Crippen LogP contribution is 2.20. The molecule has 1 aromatic carbocycles.